The maximum atomic E-state index is 12.1. The van der Waals surface area contributed by atoms with Crippen LogP contribution in [0.3, 0.4) is 0 Å². The highest BCUT2D eigenvalue weighted by atomic mass is 79.9. The van der Waals surface area contributed by atoms with Crippen molar-refractivity contribution in [1.29, 1.82) is 0 Å². The van der Waals surface area contributed by atoms with Gasteiger partial charge < -0.3 is 19.8 Å². The van der Waals surface area contributed by atoms with Gasteiger partial charge in [0, 0.05) is 0 Å². The Morgan fingerprint density at radius 3 is 2.77 bits per heavy atom. The molecule has 5 atom stereocenters. The normalized spacial score (nSPS) is 32.5. The first-order valence-corrected chi connectivity index (χ1v) is 14.6. The lowest BCUT2D eigenvalue weighted by molar-refractivity contribution is -0.0669. The second-order valence-corrected chi connectivity index (χ2v) is 15.8. The first kappa shape index (κ1) is 22.3. The molecule has 2 aliphatic rings. The number of phosphoric acid groups is 1. The van der Waals surface area contributed by atoms with Crippen molar-refractivity contribution in [2.24, 2.45) is 0 Å². The van der Waals surface area contributed by atoms with Crippen molar-refractivity contribution in [2.75, 3.05) is 12.3 Å². The molecule has 3 N–H and O–H groups in total. The highest BCUT2D eigenvalue weighted by Gasteiger charge is 2.56. The van der Waals surface area contributed by atoms with E-state index in [2.05, 4.69) is 64.7 Å². The first-order chi connectivity index (χ1) is 13.8. The number of hydrogen-bond acceptors (Lipinski definition) is 9. The number of hydrogen-bond donors (Lipinski definition) is 2. The highest BCUT2D eigenvalue weighted by Crippen LogP contribution is 2.54. The van der Waals surface area contributed by atoms with Crippen molar-refractivity contribution in [1.82, 2.24) is 19.5 Å². The predicted octanol–water partition coefficient (Wildman–Crippen LogP) is 2.97. The van der Waals surface area contributed by atoms with Gasteiger partial charge in [-0.2, -0.15) is 0 Å². The minimum absolute atomic E-state index is 0.0896. The summed E-state index contributed by atoms with van der Waals surface area (Å²) in [5.74, 6) is 0.233. The fourth-order valence-electron chi connectivity index (χ4n) is 3.30. The fraction of sp³-hybridized carbons (Fsp3) is 0.688. The van der Waals surface area contributed by atoms with Crippen LogP contribution < -0.4 is 5.73 Å². The smallest absolute Gasteiger partial charge is 0.407 e. The standard InChI is InChI=1S/C16H25BrN5O6PSi/c1-16(2,3)30(4,5)28-11-10-8(6-25-29(23,24)27-10)26-14(11)22-13-9(21-15(22)17)12(18)19-7-20-13/h7-8,10-11,14H,6H2,1-5H3,(H,23,24)(H2,18,19,20)/t8?,10-,11-,14?/m0/s1. The third-order valence-corrected chi connectivity index (χ3v) is 11.9. The molecule has 166 valence electrons. The summed E-state index contributed by atoms with van der Waals surface area (Å²) in [6, 6.07) is 0. The molecule has 2 fully saturated rings. The van der Waals surface area contributed by atoms with Crippen molar-refractivity contribution >= 4 is 49.1 Å². The zero-order valence-corrected chi connectivity index (χ0v) is 20.8. The maximum Gasteiger partial charge on any atom is 0.472 e. The number of ether oxygens (including phenoxy) is 1. The van der Waals surface area contributed by atoms with Crippen molar-refractivity contribution in [2.45, 2.75) is 63.4 Å². The number of nitrogen functional groups attached to an aromatic ring is 1. The molecule has 30 heavy (non-hydrogen) atoms. The molecule has 4 heterocycles. The second-order valence-electron chi connectivity index (χ2n) is 8.92. The summed E-state index contributed by atoms with van der Waals surface area (Å²) in [7, 11) is -6.52. The van der Waals surface area contributed by atoms with Gasteiger partial charge in [-0.25, -0.2) is 19.5 Å². The van der Waals surface area contributed by atoms with Gasteiger partial charge in [0.15, 0.2) is 36.3 Å². The quantitative estimate of drug-likeness (QED) is 0.351. The molecule has 0 saturated carbocycles. The summed E-state index contributed by atoms with van der Waals surface area (Å²) in [5, 5.41) is -0.107. The lowest BCUT2D eigenvalue weighted by atomic mass is 10.1. The first-order valence-electron chi connectivity index (χ1n) is 9.44. The van der Waals surface area contributed by atoms with Crippen LogP contribution in [0.15, 0.2) is 11.1 Å². The van der Waals surface area contributed by atoms with Gasteiger partial charge in [-0.1, -0.05) is 20.8 Å². The van der Waals surface area contributed by atoms with Crippen LogP contribution in [0.5, 0.6) is 0 Å². The minimum Gasteiger partial charge on any atom is -0.407 e. The molecular formula is C16H25BrN5O6PSi. The van der Waals surface area contributed by atoms with Gasteiger partial charge in [-0.05, 0) is 34.1 Å². The van der Waals surface area contributed by atoms with E-state index < -0.39 is 40.7 Å². The molecule has 0 aliphatic carbocycles. The third-order valence-electron chi connectivity index (χ3n) is 5.90. The SMILES string of the molecule is CC(C)(C)[Si](C)(C)O[C@@H]1C(n2c(Br)nc3c(N)ncnc32)OC2COP(=O)(O)O[C@@H]21. The summed E-state index contributed by atoms with van der Waals surface area (Å²) in [5.41, 5.74) is 6.82. The van der Waals surface area contributed by atoms with Crippen molar-refractivity contribution in [3.05, 3.63) is 11.1 Å². The Labute approximate surface area is 183 Å². The van der Waals surface area contributed by atoms with Gasteiger partial charge in [-0.3, -0.25) is 13.6 Å². The molecule has 2 aromatic rings. The third kappa shape index (κ3) is 3.75. The molecule has 0 aromatic carbocycles. The van der Waals surface area contributed by atoms with Crippen LogP contribution in [0.25, 0.3) is 11.2 Å². The Morgan fingerprint density at radius 1 is 1.40 bits per heavy atom. The monoisotopic (exact) mass is 521 g/mol. The summed E-state index contributed by atoms with van der Waals surface area (Å²) < 4.78 is 37.5. The Morgan fingerprint density at radius 2 is 2.10 bits per heavy atom. The molecule has 4 rings (SSSR count). The molecular weight excluding hydrogens is 497 g/mol. The molecule has 14 heteroatoms. The van der Waals surface area contributed by atoms with Crippen LogP contribution in [0, 0.1) is 0 Å². The average molecular weight is 522 g/mol. The van der Waals surface area contributed by atoms with Crippen molar-refractivity contribution in [3.63, 3.8) is 0 Å². The number of anilines is 1. The van der Waals surface area contributed by atoms with Gasteiger partial charge >= 0.3 is 7.82 Å². The van der Waals surface area contributed by atoms with Crippen LogP contribution >= 0.6 is 23.8 Å². The fourth-order valence-corrected chi connectivity index (χ4v) is 6.09. The largest absolute Gasteiger partial charge is 0.472 e. The summed E-state index contributed by atoms with van der Waals surface area (Å²) in [6.07, 6.45) is -1.47. The summed E-state index contributed by atoms with van der Waals surface area (Å²) in [4.78, 5) is 22.6. The van der Waals surface area contributed by atoms with Gasteiger partial charge in [-0.15, -0.1) is 0 Å². The Bertz CT molecular complexity index is 1030. The Kier molecular flexibility index (Phi) is 5.43. The number of fused-ring (bicyclic) bond motifs is 2. The molecule has 3 unspecified atom stereocenters. The number of imidazole rings is 1. The van der Waals surface area contributed by atoms with Gasteiger partial charge in [0.25, 0.3) is 0 Å². The van der Waals surface area contributed by atoms with Crippen molar-refractivity contribution in [3.8, 4) is 0 Å². The number of nitrogens with zero attached hydrogens (tertiary/aromatic N) is 4. The summed E-state index contributed by atoms with van der Waals surface area (Å²) >= 11 is 3.45. The van der Waals surface area contributed by atoms with E-state index in [1.807, 2.05) is 0 Å². The molecule has 2 aromatic heterocycles. The lowest BCUT2D eigenvalue weighted by Gasteiger charge is -2.41. The number of halogens is 1. The maximum absolute atomic E-state index is 12.1. The molecule has 0 radical (unpaired) electrons. The van der Waals surface area contributed by atoms with E-state index in [0.29, 0.717) is 15.9 Å². The Hall–Kier alpha value is -0.923. The van der Waals surface area contributed by atoms with Gasteiger partial charge in [0.05, 0.1) is 6.61 Å². The molecule has 2 aliphatic heterocycles. The Balaban J connectivity index is 1.81. The van der Waals surface area contributed by atoms with Crippen LogP contribution in [0.2, 0.25) is 18.1 Å². The van der Waals surface area contributed by atoms with E-state index in [-0.39, 0.29) is 17.5 Å². The zero-order chi connectivity index (χ0) is 22.1. The molecule has 0 bridgehead atoms. The van der Waals surface area contributed by atoms with Gasteiger partial charge in [0.1, 0.15) is 24.6 Å². The molecule has 0 spiro atoms. The second kappa shape index (κ2) is 7.31. The molecule has 0 amide bonds. The van der Waals surface area contributed by atoms with E-state index >= 15 is 0 Å². The van der Waals surface area contributed by atoms with E-state index in [0.717, 1.165) is 0 Å². The van der Waals surface area contributed by atoms with E-state index in [9.17, 15) is 9.46 Å². The minimum atomic E-state index is -4.20. The van der Waals surface area contributed by atoms with E-state index in [1.54, 1.807) is 4.57 Å². The molecule has 11 nitrogen and oxygen atoms in total. The lowest BCUT2D eigenvalue weighted by Crippen LogP contribution is -2.50. The summed E-state index contributed by atoms with van der Waals surface area (Å²) in [6.45, 7) is 10.4. The van der Waals surface area contributed by atoms with Crippen LogP contribution in [0.1, 0.15) is 27.0 Å². The van der Waals surface area contributed by atoms with Crippen LogP contribution in [-0.2, 0) is 22.8 Å². The van der Waals surface area contributed by atoms with Crippen molar-refractivity contribution < 1.29 is 27.7 Å². The van der Waals surface area contributed by atoms with E-state index in [4.69, 9.17) is 23.9 Å². The van der Waals surface area contributed by atoms with Gasteiger partial charge in [0.2, 0.25) is 0 Å². The average Bonchev–Trinajstić information content (AvgIpc) is 3.11. The van der Waals surface area contributed by atoms with Crippen LogP contribution in [-0.4, -0.2) is 57.6 Å². The topological polar surface area (TPSA) is 144 Å². The van der Waals surface area contributed by atoms with E-state index in [1.165, 1.54) is 6.33 Å². The highest BCUT2D eigenvalue weighted by molar-refractivity contribution is 9.10. The zero-order valence-electron chi connectivity index (χ0n) is 17.3. The number of rotatable bonds is 3. The van der Waals surface area contributed by atoms with Crippen LogP contribution in [0.4, 0.5) is 5.82 Å². The number of phosphoric ester groups is 1. The number of nitrogens with two attached hydrogens (primary N) is 1. The number of aromatic nitrogens is 4. The predicted molar refractivity (Wildman–Crippen MR) is 114 cm³/mol. The molecule has 2 saturated heterocycles.